The van der Waals surface area contributed by atoms with Crippen molar-refractivity contribution >= 4 is 5.91 Å². The van der Waals surface area contributed by atoms with Crippen LogP contribution in [0.5, 0.6) is 0 Å². The van der Waals surface area contributed by atoms with Gasteiger partial charge in [0.2, 0.25) is 5.91 Å². The summed E-state index contributed by atoms with van der Waals surface area (Å²) in [5.41, 5.74) is 5.55. The molecule has 0 radical (unpaired) electrons. The van der Waals surface area contributed by atoms with E-state index in [0.717, 1.165) is 19.4 Å². The molecule has 3 N–H and O–H groups in total. The minimum Gasteiger partial charge on any atom is -0.353 e. The van der Waals surface area contributed by atoms with Crippen LogP contribution < -0.4 is 11.1 Å². The van der Waals surface area contributed by atoms with Crippen LogP contribution in [0.15, 0.2) is 0 Å². The first-order valence-corrected chi connectivity index (χ1v) is 6.65. The second kappa shape index (κ2) is 5.36. The summed E-state index contributed by atoms with van der Waals surface area (Å²) in [6, 6.07) is 0. The van der Waals surface area contributed by atoms with Crippen LogP contribution in [0.4, 0.5) is 0 Å². The lowest BCUT2D eigenvalue weighted by molar-refractivity contribution is -0.127. The summed E-state index contributed by atoms with van der Waals surface area (Å²) in [5, 5.41) is 3.04. The van der Waals surface area contributed by atoms with Crippen molar-refractivity contribution < 1.29 is 4.79 Å². The molecular formula is C13H27N3O. The van der Waals surface area contributed by atoms with Crippen LogP contribution >= 0.6 is 0 Å². The van der Waals surface area contributed by atoms with Crippen molar-refractivity contribution in [2.24, 2.45) is 5.73 Å². The van der Waals surface area contributed by atoms with Gasteiger partial charge in [-0.1, -0.05) is 13.8 Å². The third-order valence-electron chi connectivity index (χ3n) is 4.52. The van der Waals surface area contributed by atoms with Gasteiger partial charge in [-0.25, -0.2) is 0 Å². The Morgan fingerprint density at radius 2 is 1.88 bits per heavy atom. The maximum atomic E-state index is 12.1. The molecule has 0 heterocycles. The summed E-state index contributed by atoms with van der Waals surface area (Å²) in [5.74, 6) is -0.00405. The van der Waals surface area contributed by atoms with Crippen LogP contribution in [-0.2, 0) is 4.79 Å². The Hall–Kier alpha value is -0.610. The number of hydrogen-bond donors (Lipinski definition) is 2. The fourth-order valence-electron chi connectivity index (χ4n) is 2.36. The molecule has 0 atom stereocenters. The van der Waals surface area contributed by atoms with E-state index < -0.39 is 5.54 Å². The highest BCUT2D eigenvalue weighted by molar-refractivity contribution is 5.86. The molecule has 0 bridgehead atoms. The van der Waals surface area contributed by atoms with Gasteiger partial charge in [-0.15, -0.1) is 0 Å². The molecule has 1 aliphatic rings. The lowest BCUT2D eigenvalue weighted by atomic mass is 9.75. The van der Waals surface area contributed by atoms with Crippen molar-refractivity contribution in [2.45, 2.75) is 57.0 Å². The molecule has 4 nitrogen and oxygen atoms in total. The lowest BCUT2D eigenvalue weighted by Crippen LogP contribution is -2.61. The Balaban J connectivity index is 2.53. The first kappa shape index (κ1) is 14.5. The molecule has 0 aliphatic heterocycles. The molecule has 0 aromatic heterocycles. The zero-order valence-corrected chi connectivity index (χ0v) is 11.7. The normalized spacial score (nSPS) is 18.9. The highest BCUT2D eigenvalue weighted by atomic mass is 16.2. The lowest BCUT2D eigenvalue weighted by Gasteiger charge is -2.47. The van der Waals surface area contributed by atoms with E-state index in [9.17, 15) is 4.79 Å². The van der Waals surface area contributed by atoms with Crippen LogP contribution in [0.25, 0.3) is 0 Å². The van der Waals surface area contributed by atoms with Crippen LogP contribution in [0.3, 0.4) is 0 Å². The van der Waals surface area contributed by atoms with E-state index in [4.69, 9.17) is 5.73 Å². The third-order valence-corrected chi connectivity index (χ3v) is 4.52. The summed E-state index contributed by atoms with van der Waals surface area (Å²) >= 11 is 0. The molecule has 1 aliphatic carbocycles. The molecule has 100 valence electrons. The molecule has 0 aromatic carbocycles. The van der Waals surface area contributed by atoms with Crippen molar-refractivity contribution in [3.63, 3.8) is 0 Å². The molecule has 1 rings (SSSR count). The molecule has 17 heavy (non-hydrogen) atoms. The maximum absolute atomic E-state index is 12.1. The number of nitrogens with one attached hydrogen (secondary N) is 1. The number of amides is 1. The highest BCUT2D eigenvalue weighted by Gasteiger charge is 2.40. The van der Waals surface area contributed by atoms with E-state index in [1.54, 1.807) is 0 Å². The second-order valence-electron chi connectivity index (χ2n) is 5.52. The van der Waals surface area contributed by atoms with Crippen molar-refractivity contribution in [1.82, 2.24) is 10.2 Å². The molecule has 0 unspecified atom stereocenters. The average molecular weight is 241 g/mol. The van der Waals surface area contributed by atoms with Crippen LogP contribution in [0.2, 0.25) is 0 Å². The Bertz CT molecular complexity index is 268. The second-order valence-corrected chi connectivity index (χ2v) is 5.52. The number of hydrogen-bond acceptors (Lipinski definition) is 3. The van der Waals surface area contributed by atoms with Gasteiger partial charge in [0.25, 0.3) is 0 Å². The zero-order chi connectivity index (χ0) is 13.1. The Kier molecular flexibility index (Phi) is 4.55. The van der Waals surface area contributed by atoms with Gasteiger partial charge >= 0.3 is 0 Å². The number of nitrogens with zero attached hydrogens (tertiary/aromatic N) is 1. The van der Waals surface area contributed by atoms with Gasteiger partial charge in [-0.05, 0) is 46.2 Å². The molecular weight excluding hydrogens is 214 g/mol. The van der Waals surface area contributed by atoms with Crippen molar-refractivity contribution in [2.75, 3.05) is 20.6 Å². The summed E-state index contributed by atoms with van der Waals surface area (Å²) in [6.45, 7) is 4.65. The fourth-order valence-corrected chi connectivity index (χ4v) is 2.36. The van der Waals surface area contributed by atoms with Gasteiger partial charge in [0.05, 0.1) is 5.54 Å². The number of carbonyl (C=O) groups is 1. The van der Waals surface area contributed by atoms with Crippen LogP contribution in [0.1, 0.15) is 46.0 Å². The molecule has 0 aromatic rings. The molecule has 1 amide bonds. The van der Waals surface area contributed by atoms with Crippen molar-refractivity contribution in [3.8, 4) is 0 Å². The first-order chi connectivity index (χ1) is 7.90. The van der Waals surface area contributed by atoms with E-state index in [-0.39, 0.29) is 11.4 Å². The van der Waals surface area contributed by atoms with E-state index in [1.807, 2.05) is 13.8 Å². The Morgan fingerprint density at radius 1 is 1.35 bits per heavy atom. The minimum absolute atomic E-state index is 0.00405. The van der Waals surface area contributed by atoms with E-state index in [0.29, 0.717) is 12.8 Å². The summed E-state index contributed by atoms with van der Waals surface area (Å²) in [6.07, 6.45) is 4.95. The Labute approximate surface area is 105 Å². The van der Waals surface area contributed by atoms with E-state index >= 15 is 0 Å². The summed E-state index contributed by atoms with van der Waals surface area (Å²) in [4.78, 5) is 14.3. The standard InChI is InChI=1S/C13H27N3O/c1-5-13(14,6-2)11(17)15-10-12(16(3)4)8-7-9-12/h5-10,14H2,1-4H3,(H,15,17). The number of rotatable bonds is 6. The van der Waals surface area contributed by atoms with Crippen molar-refractivity contribution in [1.29, 1.82) is 0 Å². The van der Waals surface area contributed by atoms with Crippen LogP contribution in [0, 0.1) is 0 Å². The molecule has 4 heteroatoms. The third kappa shape index (κ3) is 2.80. The number of nitrogens with two attached hydrogens (primary N) is 1. The predicted molar refractivity (Wildman–Crippen MR) is 70.8 cm³/mol. The van der Waals surface area contributed by atoms with Gasteiger partial charge in [0.1, 0.15) is 0 Å². The van der Waals surface area contributed by atoms with Crippen LogP contribution in [-0.4, -0.2) is 42.5 Å². The van der Waals surface area contributed by atoms with Gasteiger partial charge in [-0.2, -0.15) is 0 Å². The quantitative estimate of drug-likeness (QED) is 0.732. The van der Waals surface area contributed by atoms with Gasteiger partial charge in [-0.3, -0.25) is 4.79 Å². The number of likely N-dealkylation sites (N-methyl/N-ethyl adjacent to an activating group) is 1. The zero-order valence-electron chi connectivity index (χ0n) is 11.7. The maximum Gasteiger partial charge on any atom is 0.240 e. The molecule has 1 saturated carbocycles. The topological polar surface area (TPSA) is 58.4 Å². The van der Waals surface area contributed by atoms with Gasteiger partial charge < -0.3 is 16.0 Å². The van der Waals surface area contributed by atoms with Gasteiger partial charge in [0.15, 0.2) is 0 Å². The molecule has 0 saturated heterocycles. The first-order valence-electron chi connectivity index (χ1n) is 6.65. The summed E-state index contributed by atoms with van der Waals surface area (Å²) < 4.78 is 0. The monoisotopic (exact) mass is 241 g/mol. The van der Waals surface area contributed by atoms with E-state index in [2.05, 4.69) is 24.3 Å². The van der Waals surface area contributed by atoms with Crippen molar-refractivity contribution in [3.05, 3.63) is 0 Å². The fraction of sp³-hybridized carbons (Fsp3) is 0.923. The predicted octanol–water partition coefficient (Wildman–Crippen LogP) is 1.10. The van der Waals surface area contributed by atoms with Gasteiger partial charge in [0, 0.05) is 12.1 Å². The highest BCUT2D eigenvalue weighted by Crippen LogP contribution is 2.35. The molecule has 0 spiro atoms. The SMILES string of the molecule is CCC(N)(CC)C(=O)NCC1(N(C)C)CCC1. The molecule has 1 fully saturated rings. The minimum atomic E-state index is -0.697. The smallest absolute Gasteiger partial charge is 0.240 e. The van der Waals surface area contributed by atoms with E-state index in [1.165, 1.54) is 6.42 Å². The summed E-state index contributed by atoms with van der Waals surface area (Å²) in [7, 11) is 4.17. The number of carbonyl (C=O) groups excluding carboxylic acids is 1. The Morgan fingerprint density at radius 3 is 2.18 bits per heavy atom. The average Bonchev–Trinajstić information content (AvgIpc) is 2.25. The largest absolute Gasteiger partial charge is 0.353 e.